The Morgan fingerprint density at radius 2 is 1.75 bits per heavy atom. The molecule has 5 nitrogen and oxygen atoms in total. The number of thioether (sulfide) groups is 1. The number of para-hydroxylation sites is 1. The smallest absolute Gasteiger partial charge is 0.339 e. The molecule has 0 atom stereocenters. The number of amides is 1. The Labute approximate surface area is 145 Å². The van der Waals surface area contributed by atoms with Gasteiger partial charge in [0.1, 0.15) is 5.75 Å². The minimum absolute atomic E-state index is 0.146. The second-order valence-corrected chi connectivity index (χ2v) is 6.03. The summed E-state index contributed by atoms with van der Waals surface area (Å²) in [5.74, 6) is 0.820. The fourth-order valence-electron chi connectivity index (χ4n) is 2.03. The minimum Gasteiger partial charge on any atom is -0.497 e. The van der Waals surface area contributed by atoms with Crippen LogP contribution in [0.5, 0.6) is 5.75 Å². The molecule has 2 rings (SSSR count). The van der Waals surface area contributed by atoms with Gasteiger partial charge in [-0.05, 0) is 36.4 Å². The summed E-state index contributed by atoms with van der Waals surface area (Å²) < 4.78 is 9.82. The van der Waals surface area contributed by atoms with Crippen molar-refractivity contribution in [3.05, 3.63) is 54.1 Å². The zero-order valence-electron chi connectivity index (χ0n) is 13.6. The number of ether oxygens (including phenoxy) is 2. The van der Waals surface area contributed by atoms with Crippen molar-refractivity contribution in [1.29, 1.82) is 0 Å². The monoisotopic (exact) mass is 345 g/mol. The van der Waals surface area contributed by atoms with Crippen molar-refractivity contribution in [3.63, 3.8) is 0 Å². The van der Waals surface area contributed by atoms with Gasteiger partial charge in [-0.1, -0.05) is 12.1 Å². The molecular formula is C18H19NO4S. The number of anilines is 1. The molecule has 0 fully saturated rings. The second-order valence-electron chi connectivity index (χ2n) is 4.86. The lowest BCUT2D eigenvalue weighted by Crippen LogP contribution is -2.15. The van der Waals surface area contributed by atoms with Gasteiger partial charge < -0.3 is 14.8 Å². The number of carbonyl (C=O) groups excluding carboxylic acids is 2. The summed E-state index contributed by atoms with van der Waals surface area (Å²) in [5, 5.41) is 2.76. The Hall–Kier alpha value is -2.47. The topological polar surface area (TPSA) is 64.6 Å². The molecule has 0 spiro atoms. The van der Waals surface area contributed by atoms with Gasteiger partial charge in [0, 0.05) is 17.1 Å². The maximum absolute atomic E-state index is 12.1. The average molecular weight is 345 g/mol. The number of hydrogen-bond acceptors (Lipinski definition) is 5. The minimum atomic E-state index is -0.474. The van der Waals surface area contributed by atoms with Crippen LogP contribution in [0.1, 0.15) is 16.8 Å². The molecule has 0 saturated carbocycles. The first-order valence-electron chi connectivity index (χ1n) is 7.38. The van der Waals surface area contributed by atoms with Crippen LogP contribution in [0.2, 0.25) is 0 Å². The highest BCUT2D eigenvalue weighted by molar-refractivity contribution is 7.99. The molecule has 0 radical (unpaired) electrons. The van der Waals surface area contributed by atoms with E-state index < -0.39 is 5.97 Å². The van der Waals surface area contributed by atoms with Gasteiger partial charge in [0.05, 0.1) is 25.5 Å². The number of benzene rings is 2. The van der Waals surface area contributed by atoms with Gasteiger partial charge in [-0.15, -0.1) is 11.8 Å². The molecule has 2 aromatic rings. The molecule has 0 aliphatic rings. The van der Waals surface area contributed by atoms with Crippen molar-refractivity contribution in [3.8, 4) is 5.75 Å². The Bertz CT molecular complexity index is 700. The zero-order chi connectivity index (χ0) is 17.4. The van der Waals surface area contributed by atoms with Crippen LogP contribution in [0, 0.1) is 0 Å². The van der Waals surface area contributed by atoms with E-state index in [-0.39, 0.29) is 5.91 Å². The fourth-order valence-corrected chi connectivity index (χ4v) is 2.88. The lowest BCUT2D eigenvalue weighted by Gasteiger charge is -2.09. The molecule has 1 N–H and O–H groups in total. The van der Waals surface area contributed by atoms with Gasteiger partial charge in [0.25, 0.3) is 0 Å². The third-order valence-electron chi connectivity index (χ3n) is 3.26. The highest BCUT2D eigenvalue weighted by Gasteiger charge is 2.13. The normalized spacial score (nSPS) is 10.1. The highest BCUT2D eigenvalue weighted by atomic mass is 32.2. The summed E-state index contributed by atoms with van der Waals surface area (Å²) in [7, 11) is 2.94. The first-order valence-corrected chi connectivity index (χ1v) is 8.36. The number of hydrogen-bond donors (Lipinski definition) is 1. The van der Waals surface area contributed by atoms with Gasteiger partial charge in [-0.2, -0.15) is 0 Å². The second kappa shape index (κ2) is 8.98. The summed E-state index contributed by atoms with van der Waals surface area (Å²) in [5.41, 5.74) is 0.806. The molecule has 2 aromatic carbocycles. The molecule has 0 aliphatic carbocycles. The van der Waals surface area contributed by atoms with Crippen molar-refractivity contribution in [2.75, 3.05) is 25.3 Å². The highest BCUT2D eigenvalue weighted by Crippen LogP contribution is 2.22. The molecule has 126 valence electrons. The quantitative estimate of drug-likeness (QED) is 0.613. The maximum Gasteiger partial charge on any atom is 0.339 e. The van der Waals surface area contributed by atoms with Crippen molar-refractivity contribution >= 4 is 29.3 Å². The molecule has 0 unspecified atom stereocenters. The predicted octanol–water partition coefficient (Wildman–Crippen LogP) is 3.60. The van der Waals surface area contributed by atoms with E-state index in [0.717, 1.165) is 10.6 Å². The van der Waals surface area contributed by atoms with Crippen LogP contribution >= 0.6 is 11.8 Å². The largest absolute Gasteiger partial charge is 0.497 e. The van der Waals surface area contributed by atoms with E-state index in [0.29, 0.717) is 23.4 Å². The Morgan fingerprint density at radius 3 is 2.42 bits per heavy atom. The number of nitrogens with one attached hydrogen (secondary N) is 1. The van der Waals surface area contributed by atoms with Gasteiger partial charge >= 0.3 is 5.97 Å². The molecule has 6 heteroatoms. The van der Waals surface area contributed by atoms with Crippen molar-refractivity contribution in [2.45, 2.75) is 11.3 Å². The first kappa shape index (κ1) is 17.9. The summed E-state index contributed by atoms with van der Waals surface area (Å²) in [6.07, 6.45) is 0.339. The van der Waals surface area contributed by atoms with E-state index in [2.05, 4.69) is 5.32 Å². The van der Waals surface area contributed by atoms with Crippen LogP contribution in [0.15, 0.2) is 53.4 Å². The van der Waals surface area contributed by atoms with Gasteiger partial charge in [0.15, 0.2) is 0 Å². The third kappa shape index (κ3) is 5.03. The van der Waals surface area contributed by atoms with E-state index in [9.17, 15) is 9.59 Å². The summed E-state index contributed by atoms with van der Waals surface area (Å²) in [6, 6.07) is 14.5. The van der Waals surface area contributed by atoms with Gasteiger partial charge in [-0.25, -0.2) is 4.79 Å². The van der Waals surface area contributed by atoms with E-state index in [1.807, 2.05) is 24.3 Å². The maximum atomic E-state index is 12.1. The van der Waals surface area contributed by atoms with Crippen LogP contribution < -0.4 is 10.1 Å². The number of carbonyl (C=O) groups is 2. The molecular weight excluding hydrogens is 326 g/mol. The third-order valence-corrected chi connectivity index (χ3v) is 4.28. The summed E-state index contributed by atoms with van der Waals surface area (Å²) in [4.78, 5) is 24.8. The first-order chi connectivity index (χ1) is 11.6. The van der Waals surface area contributed by atoms with E-state index >= 15 is 0 Å². The predicted molar refractivity (Wildman–Crippen MR) is 94.7 cm³/mol. The Morgan fingerprint density at radius 1 is 1.04 bits per heavy atom. The fraction of sp³-hybridized carbons (Fsp3) is 0.222. The van der Waals surface area contributed by atoms with E-state index in [4.69, 9.17) is 9.47 Å². The number of esters is 1. The molecule has 0 aliphatic heterocycles. The lowest BCUT2D eigenvalue weighted by atomic mass is 10.2. The molecule has 0 saturated heterocycles. The van der Waals surface area contributed by atoms with Gasteiger partial charge in [-0.3, -0.25) is 4.79 Å². The van der Waals surface area contributed by atoms with Crippen molar-refractivity contribution < 1.29 is 19.1 Å². The van der Waals surface area contributed by atoms with Crippen molar-refractivity contribution in [1.82, 2.24) is 0 Å². The molecule has 0 aromatic heterocycles. The molecule has 0 bridgehead atoms. The lowest BCUT2D eigenvalue weighted by molar-refractivity contribution is -0.115. The van der Waals surface area contributed by atoms with Crippen LogP contribution in [0.25, 0.3) is 0 Å². The number of methoxy groups -OCH3 is 2. The van der Waals surface area contributed by atoms with Crippen molar-refractivity contribution in [2.24, 2.45) is 0 Å². The zero-order valence-corrected chi connectivity index (χ0v) is 14.4. The van der Waals surface area contributed by atoms with E-state index in [1.54, 1.807) is 43.1 Å². The summed E-state index contributed by atoms with van der Waals surface area (Å²) in [6.45, 7) is 0. The molecule has 0 heterocycles. The van der Waals surface area contributed by atoms with E-state index in [1.165, 1.54) is 7.11 Å². The van der Waals surface area contributed by atoms with Gasteiger partial charge in [0.2, 0.25) is 5.91 Å². The standard InChI is InChI=1S/C18H19NO4S/c1-22-13-7-9-14(10-8-13)24-12-11-17(20)19-16-6-4-3-5-15(16)18(21)23-2/h3-10H,11-12H2,1-2H3,(H,19,20). The molecule has 24 heavy (non-hydrogen) atoms. The summed E-state index contributed by atoms with van der Waals surface area (Å²) >= 11 is 1.59. The SMILES string of the molecule is COC(=O)c1ccccc1NC(=O)CCSc1ccc(OC)cc1. The Kier molecular flexibility index (Phi) is 6.69. The van der Waals surface area contributed by atoms with Crippen LogP contribution in [0.3, 0.4) is 0 Å². The van der Waals surface area contributed by atoms with Crippen LogP contribution in [0.4, 0.5) is 5.69 Å². The Balaban J connectivity index is 1.86. The van der Waals surface area contributed by atoms with Crippen LogP contribution in [-0.2, 0) is 9.53 Å². The molecule has 1 amide bonds. The van der Waals surface area contributed by atoms with Crippen LogP contribution in [-0.4, -0.2) is 31.8 Å². The average Bonchev–Trinajstić information content (AvgIpc) is 2.62. The number of rotatable bonds is 7.